The van der Waals surface area contributed by atoms with Gasteiger partial charge in [0.15, 0.2) is 29.1 Å². The molecule has 3 unspecified atom stereocenters. The number of ether oxygens (including phenoxy) is 6. The Labute approximate surface area is 247 Å². The molecule has 0 N–H and O–H groups in total. The number of methoxy groups -OCH3 is 5. The number of benzene rings is 2. The summed E-state index contributed by atoms with van der Waals surface area (Å²) < 4.78 is 33.0. The number of carbonyl (C=O) groups is 1. The number of esters is 1. The Kier molecular flexibility index (Phi) is 12.7. The fraction of sp³-hybridized carbons (Fsp3) is 0.548. The molecule has 2 aromatic carbocycles. The molecule has 0 aliphatic carbocycles. The molecule has 2 rings (SSSR count). The molecule has 0 aliphatic heterocycles. The summed E-state index contributed by atoms with van der Waals surface area (Å²) in [6, 6.07) is 9.79. The minimum absolute atomic E-state index is 0.0322. The standard InChI is InChI=1S/C31H42N2O9/c1-9-22(10-2)31(19-32,23-12-14-27(38-5)30(41-8)29(23)40-7)16-15-25(42-20(3)34)24(33(35)36)17-21-11-13-26(37-4)28(18-21)39-6/h11-14,18,22,24-25H,9-10,15-17H2,1-8H3. The van der Waals surface area contributed by atoms with Crippen LogP contribution in [0.25, 0.3) is 0 Å². The van der Waals surface area contributed by atoms with Crippen LogP contribution in [0, 0.1) is 27.4 Å². The quantitative estimate of drug-likeness (QED) is 0.132. The Morgan fingerprint density at radius 2 is 1.52 bits per heavy atom. The van der Waals surface area contributed by atoms with Crippen LogP contribution in [-0.4, -0.2) is 58.6 Å². The van der Waals surface area contributed by atoms with E-state index < -0.39 is 28.5 Å². The van der Waals surface area contributed by atoms with E-state index in [1.165, 1.54) is 42.5 Å². The third-order valence-corrected chi connectivity index (χ3v) is 7.80. The number of carbonyl (C=O) groups excluding carboxylic acids is 1. The molecule has 230 valence electrons. The van der Waals surface area contributed by atoms with Crippen molar-refractivity contribution in [2.24, 2.45) is 5.92 Å². The largest absolute Gasteiger partial charge is 0.493 e. The van der Waals surface area contributed by atoms with Gasteiger partial charge in [0.1, 0.15) is 0 Å². The molecule has 11 nitrogen and oxygen atoms in total. The van der Waals surface area contributed by atoms with E-state index in [9.17, 15) is 20.2 Å². The monoisotopic (exact) mass is 586 g/mol. The van der Waals surface area contributed by atoms with Crippen LogP contribution in [0.1, 0.15) is 57.6 Å². The van der Waals surface area contributed by atoms with Crippen molar-refractivity contribution in [3.8, 4) is 34.8 Å². The molecule has 11 heteroatoms. The van der Waals surface area contributed by atoms with Crippen LogP contribution in [0.4, 0.5) is 0 Å². The predicted molar refractivity (Wildman–Crippen MR) is 156 cm³/mol. The molecule has 2 aromatic rings. The molecule has 42 heavy (non-hydrogen) atoms. The maximum atomic E-state index is 12.4. The first kappa shape index (κ1) is 34.0. The van der Waals surface area contributed by atoms with Crippen molar-refractivity contribution in [1.82, 2.24) is 0 Å². The van der Waals surface area contributed by atoms with Gasteiger partial charge >= 0.3 is 5.97 Å². The minimum Gasteiger partial charge on any atom is -0.493 e. The van der Waals surface area contributed by atoms with Gasteiger partial charge in [-0.15, -0.1) is 0 Å². The molecule has 0 saturated carbocycles. The van der Waals surface area contributed by atoms with E-state index in [0.29, 0.717) is 52.7 Å². The second kappa shape index (κ2) is 15.7. The lowest BCUT2D eigenvalue weighted by molar-refractivity contribution is -0.533. The second-order valence-electron chi connectivity index (χ2n) is 9.91. The molecule has 0 heterocycles. The van der Waals surface area contributed by atoms with Crippen LogP contribution in [0.3, 0.4) is 0 Å². The highest BCUT2D eigenvalue weighted by molar-refractivity contribution is 5.66. The summed E-state index contributed by atoms with van der Waals surface area (Å²) in [5, 5.41) is 23.2. The molecule has 0 saturated heterocycles. The molecule has 0 aromatic heterocycles. The van der Waals surface area contributed by atoms with Gasteiger partial charge in [0.25, 0.3) is 6.04 Å². The number of nitrogens with zero attached hydrogens (tertiary/aromatic N) is 2. The first-order chi connectivity index (χ1) is 20.1. The number of hydrogen-bond acceptors (Lipinski definition) is 10. The third kappa shape index (κ3) is 7.35. The van der Waals surface area contributed by atoms with Crippen molar-refractivity contribution in [2.75, 3.05) is 35.5 Å². The Morgan fingerprint density at radius 3 is 2.00 bits per heavy atom. The number of rotatable bonds is 17. The zero-order valence-corrected chi connectivity index (χ0v) is 25.7. The van der Waals surface area contributed by atoms with Crippen LogP contribution in [-0.2, 0) is 21.4 Å². The fourth-order valence-corrected chi connectivity index (χ4v) is 5.71. The van der Waals surface area contributed by atoms with E-state index in [-0.39, 0.29) is 25.2 Å². The fourth-order valence-electron chi connectivity index (χ4n) is 5.71. The van der Waals surface area contributed by atoms with Crippen molar-refractivity contribution in [2.45, 2.75) is 70.4 Å². The summed E-state index contributed by atoms with van der Waals surface area (Å²) in [6.07, 6.45) is 0.388. The summed E-state index contributed by atoms with van der Waals surface area (Å²) >= 11 is 0. The van der Waals surface area contributed by atoms with E-state index in [1.807, 2.05) is 13.8 Å². The number of nitriles is 1. The first-order valence-electron chi connectivity index (χ1n) is 13.8. The summed E-state index contributed by atoms with van der Waals surface area (Å²) in [6.45, 7) is 5.21. The van der Waals surface area contributed by atoms with E-state index >= 15 is 0 Å². The van der Waals surface area contributed by atoms with Gasteiger partial charge in [-0.1, -0.05) is 32.8 Å². The van der Waals surface area contributed by atoms with E-state index in [1.54, 1.807) is 30.3 Å². The SMILES string of the molecule is CCC(CC)C(C#N)(CCC(OC(C)=O)C(Cc1ccc(OC)c(OC)c1)[N+](=O)[O-])c1ccc(OC)c(OC)c1OC. The Hall–Kier alpha value is -4.20. The molecule has 0 amide bonds. The van der Waals surface area contributed by atoms with Crippen molar-refractivity contribution < 1.29 is 38.1 Å². The normalized spacial score (nSPS) is 13.7. The number of hydrogen-bond donors (Lipinski definition) is 0. The van der Waals surface area contributed by atoms with Gasteiger partial charge in [0.05, 0.1) is 47.0 Å². The van der Waals surface area contributed by atoms with Gasteiger partial charge in [0, 0.05) is 23.8 Å². The van der Waals surface area contributed by atoms with Gasteiger partial charge in [-0.3, -0.25) is 14.9 Å². The van der Waals surface area contributed by atoms with Gasteiger partial charge < -0.3 is 28.4 Å². The van der Waals surface area contributed by atoms with E-state index in [0.717, 1.165) is 0 Å². The van der Waals surface area contributed by atoms with Crippen LogP contribution in [0.5, 0.6) is 28.7 Å². The second-order valence-corrected chi connectivity index (χ2v) is 9.91. The molecule has 3 atom stereocenters. The molecular weight excluding hydrogens is 544 g/mol. The van der Waals surface area contributed by atoms with Crippen LogP contribution < -0.4 is 23.7 Å². The van der Waals surface area contributed by atoms with Crippen molar-refractivity contribution in [3.63, 3.8) is 0 Å². The molecule has 0 aliphatic rings. The number of nitro groups is 1. The lowest BCUT2D eigenvalue weighted by atomic mass is 9.65. The van der Waals surface area contributed by atoms with Crippen LogP contribution >= 0.6 is 0 Å². The smallest absolute Gasteiger partial charge is 0.303 e. The average Bonchev–Trinajstić information content (AvgIpc) is 2.99. The Balaban J connectivity index is 2.62. The van der Waals surface area contributed by atoms with Crippen molar-refractivity contribution >= 4 is 5.97 Å². The lowest BCUT2D eigenvalue weighted by Crippen LogP contribution is -2.41. The maximum Gasteiger partial charge on any atom is 0.303 e. The zero-order valence-electron chi connectivity index (χ0n) is 25.7. The third-order valence-electron chi connectivity index (χ3n) is 7.80. The van der Waals surface area contributed by atoms with E-state index in [2.05, 4.69) is 6.07 Å². The first-order valence-corrected chi connectivity index (χ1v) is 13.8. The van der Waals surface area contributed by atoms with Gasteiger partial charge in [0.2, 0.25) is 5.75 Å². The maximum absolute atomic E-state index is 12.4. The molecular formula is C31H42N2O9. The zero-order chi connectivity index (χ0) is 31.4. The van der Waals surface area contributed by atoms with Crippen molar-refractivity contribution in [3.05, 3.63) is 51.6 Å². The highest BCUT2D eigenvalue weighted by Crippen LogP contribution is 2.50. The van der Waals surface area contributed by atoms with Crippen LogP contribution in [0.15, 0.2) is 30.3 Å². The van der Waals surface area contributed by atoms with Gasteiger partial charge in [-0.25, -0.2) is 0 Å². The Bertz CT molecular complexity index is 1260. The van der Waals surface area contributed by atoms with Gasteiger partial charge in [-0.2, -0.15) is 5.26 Å². The van der Waals surface area contributed by atoms with E-state index in [4.69, 9.17) is 28.4 Å². The predicted octanol–water partition coefficient (Wildman–Crippen LogP) is 5.53. The van der Waals surface area contributed by atoms with Crippen LogP contribution in [0.2, 0.25) is 0 Å². The highest BCUT2D eigenvalue weighted by atomic mass is 16.6. The topological polar surface area (TPSA) is 139 Å². The molecule has 0 bridgehead atoms. The average molecular weight is 587 g/mol. The Morgan fingerprint density at radius 1 is 0.929 bits per heavy atom. The summed E-state index contributed by atoms with van der Waals surface area (Å²) in [7, 11) is 7.47. The summed E-state index contributed by atoms with van der Waals surface area (Å²) in [5.41, 5.74) is 0.0506. The highest BCUT2D eigenvalue weighted by Gasteiger charge is 2.45. The summed E-state index contributed by atoms with van der Waals surface area (Å²) in [5.74, 6) is 1.26. The molecule has 0 radical (unpaired) electrons. The minimum atomic E-state index is -1.28. The van der Waals surface area contributed by atoms with Gasteiger partial charge in [-0.05, 0) is 48.6 Å². The lowest BCUT2D eigenvalue weighted by Gasteiger charge is -2.37. The summed E-state index contributed by atoms with van der Waals surface area (Å²) in [4.78, 5) is 24.2. The van der Waals surface area contributed by atoms with Crippen molar-refractivity contribution in [1.29, 1.82) is 5.26 Å². The molecule has 0 fully saturated rings. The molecule has 0 spiro atoms.